The van der Waals surface area contributed by atoms with Gasteiger partial charge < -0.3 is 73.1 Å². The maximum absolute atomic E-state index is 11.0. The fourth-order valence-corrected chi connectivity index (χ4v) is 4.43. The minimum atomic E-state index is -1.44. The lowest BCUT2D eigenvalue weighted by molar-refractivity contribution is -0.314. The Hall–Kier alpha value is -0.560. The molecule has 0 aromatic rings. The van der Waals surface area contributed by atoms with E-state index < -0.39 is 92.2 Å². The van der Waals surface area contributed by atoms with Crippen LogP contribution in [-0.2, 0) is 18.9 Å². The first kappa shape index (κ1) is 26.1. The summed E-state index contributed by atoms with van der Waals surface area (Å²) in [5, 5.41) is 50.7. The lowest BCUT2D eigenvalue weighted by atomic mass is 9.84. The normalized spacial score (nSPS) is 52.7. The van der Waals surface area contributed by atoms with Gasteiger partial charge in [-0.05, 0) is 12.8 Å². The van der Waals surface area contributed by atoms with Gasteiger partial charge in [0, 0.05) is 18.6 Å². The molecule has 15 N–H and O–H groups in total. The summed E-state index contributed by atoms with van der Waals surface area (Å²) < 4.78 is 22.7. The third kappa shape index (κ3) is 5.24. The van der Waals surface area contributed by atoms with Crippen LogP contribution < -0.4 is 28.7 Å². The number of hydrogen-bond acceptors (Lipinski definition) is 14. The summed E-state index contributed by atoms with van der Waals surface area (Å²) in [7, 11) is 0. The van der Waals surface area contributed by atoms with Crippen LogP contribution >= 0.6 is 0 Å². The Kier molecular flexibility index (Phi) is 8.79. The zero-order chi connectivity index (χ0) is 23.7. The minimum Gasteiger partial charge on any atom is -0.394 e. The smallest absolute Gasteiger partial charge is 0.186 e. The number of aliphatic hydroxyl groups excluding tert-OH is 5. The summed E-state index contributed by atoms with van der Waals surface area (Å²) in [6.45, 7) is -0.499. The van der Waals surface area contributed by atoms with E-state index in [0.29, 0.717) is 0 Å². The van der Waals surface area contributed by atoms with Gasteiger partial charge in [-0.15, -0.1) is 0 Å². The van der Waals surface area contributed by atoms with Gasteiger partial charge in [-0.2, -0.15) is 0 Å². The predicted octanol–water partition coefficient (Wildman–Crippen LogP) is -6.30. The number of ether oxygens (including phenoxy) is 4. The van der Waals surface area contributed by atoms with Crippen molar-refractivity contribution in [3.8, 4) is 0 Å². The molecule has 3 fully saturated rings. The lowest BCUT2D eigenvalue weighted by Gasteiger charge is -2.47. The van der Waals surface area contributed by atoms with Crippen molar-refractivity contribution in [2.45, 2.75) is 98.4 Å². The van der Waals surface area contributed by atoms with Crippen molar-refractivity contribution in [2.24, 2.45) is 28.7 Å². The molecule has 14 nitrogen and oxygen atoms in total. The largest absolute Gasteiger partial charge is 0.394 e. The summed E-state index contributed by atoms with van der Waals surface area (Å²) in [5.74, 6) is 0. The van der Waals surface area contributed by atoms with Crippen LogP contribution in [0.2, 0.25) is 0 Å². The predicted molar refractivity (Wildman–Crippen MR) is 108 cm³/mol. The summed E-state index contributed by atoms with van der Waals surface area (Å²) in [4.78, 5) is 0. The van der Waals surface area contributed by atoms with E-state index >= 15 is 0 Å². The van der Waals surface area contributed by atoms with Crippen molar-refractivity contribution >= 4 is 0 Å². The van der Waals surface area contributed by atoms with Gasteiger partial charge in [-0.25, -0.2) is 0 Å². The van der Waals surface area contributed by atoms with Crippen molar-refractivity contribution in [3.05, 3.63) is 0 Å². The first-order chi connectivity index (χ1) is 15.1. The molecule has 0 spiro atoms. The van der Waals surface area contributed by atoms with Crippen molar-refractivity contribution in [3.63, 3.8) is 0 Å². The van der Waals surface area contributed by atoms with Gasteiger partial charge >= 0.3 is 0 Å². The molecule has 1 saturated carbocycles. The van der Waals surface area contributed by atoms with Gasteiger partial charge in [0.15, 0.2) is 12.6 Å². The molecule has 0 unspecified atom stereocenters. The topological polar surface area (TPSA) is 268 Å². The highest BCUT2D eigenvalue weighted by Crippen LogP contribution is 2.30. The molecule has 0 aromatic heterocycles. The number of aliphatic hydroxyl groups is 5. The summed E-state index contributed by atoms with van der Waals surface area (Å²) in [6.07, 6.45) is -10.8. The molecular weight excluding hydrogens is 430 g/mol. The molecule has 2 saturated heterocycles. The number of nitrogens with two attached hydrogens (primary N) is 5. The fraction of sp³-hybridized carbons (Fsp3) is 1.00. The highest BCUT2D eigenvalue weighted by Gasteiger charge is 2.50. The van der Waals surface area contributed by atoms with Crippen LogP contribution in [0, 0.1) is 0 Å². The van der Waals surface area contributed by atoms with E-state index in [2.05, 4.69) is 0 Å². The van der Waals surface area contributed by atoms with Gasteiger partial charge in [0.2, 0.25) is 0 Å². The van der Waals surface area contributed by atoms with Gasteiger partial charge in [-0.3, -0.25) is 0 Å². The Morgan fingerprint density at radius 1 is 0.719 bits per heavy atom. The second-order valence-electron chi connectivity index (χ2n) is 8.78. The summed E-state index contributed by atoms with van der Waals surface area (Å²) in [5.41, 5.74) is 29.8. The van der Waals surface area contributed by atoms with E-state index in [1.165, 1.54) is 0 Å². The minimum absolute atomic E-state index is 0.0542. The molecule has 2 aliphatic heterocycles. The van der Waals surface area contributed by atoms with E-state index in [0.717, 1.165) is 0 Å². The Labute approximate surface area is 185 Å². The highest BCUT2D eigenvalue weighted by atomic mass is 16.7. The van der Waals surface area contributed by atoms with Crippen LogP contribution in [0.1, 0.15) is 12.8 Å². The van der Waals surface area contributed by atoms with Gasteiger partial charge in [0.05, 0.1) is 30.9 Å². The number of hydrogen-bond donors (Lipinski definition) is 10. The SMILES string of the molecule is NC[C@@H]1O[C@H](O[C@H]2[C@H](O)[C@H](O[C@H]3O[C@@H](CO)[C@@H](O)[C@H](N)[C@H]3O)[C@H](N)C[C@H]2N)[C@H](N)C[C@@H]1O. The molecule has 3 aliphatic rings. The maximum Gasteiger partial charge on any atom is 0.186 e. The van der Waals surface area contributed by atoms with Gasteiger partial charge in [-0.1, -0.05) is 0 Å². The molecule has 32 heavy (non-hydrogen) atoms. The average molecular weight is 468 g/mol. The van der Waals surface area contributed by atoms with Crippen LogP contribution in [0.15, 0.2) is 0 Å². The molecule has 0 bridgehead atoms. The van der Waals surface area contributed by atoms with Crippen LogP contribution in [0.4, 0.5) is 0 Å². The Morgan fingerprint density at radius 3 is 1.84 bits per heavy atom. The van der Waals surface area contributed by atoms with Crippen LogP contribution in [0.5, 0.6) is 0 Å². The average Bonchev–Trinajstić information content (AvgIpc) is 2.75. The Balaban J connectivity index is 1.70. The fourth-order valence-electron chi connectivity index (χ4n) is 4.43. The first-order valence-electron chi connectivity index (χ1n) is 10.8. The molecule has 3 rings (SSSR count). The van der Waals surface area contributed by atoms with Crippen LogP contribution in [0.25, 0.3) is 0 Å². The molecule has 14 atom stereocenters. The van der Waals surface area contributed by atoms with Gasteiger partial charge in [0.1, 0.15) is 36.6 Å². The van der Waals surface area contributed by atoms with Gasteiger partial charge in [0.25, 0.3) is 0 Å². The second kappa shape index (κ2) is 10.8. The third-order valence-electron chi connectivity index (χ3n) is 6.41. The standard InChI is InChI=1S/C18H37N5O9/c19-3-9-8(25)2-7(22)17(29-9)31-15-5(20)1-6(21)16(14(15)28)32-18-13(27)11(23)12(26)10(4-24)30-18/h5-18,24-28H,1-4,19-23H2/t5-,6-,7-,8+,9+,10+,11+,12-,13-,14+,15-,16-,17-,18-/m1/s1. The van der Waals surface area contributed by atoms with Crippen LogP contribution in [-0.4, -0.2) is 124 Å². The molecule has 14 heteroatoms. The zero-order valence-corrected chi connectivity index (χ0v) is 17.7. The molecule has 2 heterocycles. The van der Waals surface area contributed by atoms with E-state index in [4.69, 9.17) is 47.6 Å². The molecule has 0 amide bonds. The van der Waals surface area contributed by atoms with E-state index in [9.17, 15) is 25.5 Å². The highest BCUT2D eigenvalue weighted by molar-refractivity contribution is 5.01. The molecular formula is C18H37N5O9. The lowest BCUT2D eigenvalue weighted by Crippen LogP contribution is -2.68. The van der Waals surface area contributed by atoms with Crippen molar-refractivity contribution < 1.29 is 44.5 Å². The van der Waals surface area contributed by atoms with Crippen molar-refractivity contribution in [1.29, 1.82) is 0 Å². The molecule has 0 aromatic carbocycles. The monoisotopic (exact) mass is 467 g/mol. The van der Waals surface area contributed by atoms with E-state index in [1.54, 1.807) is 0 Å². The Morgan fingerprint density at radius 2 is 1.28 bits per heavy atom. The Bertz CT molecular complexity index is 607. The summed E-state index contributed by atoms with van der Waals surface area (Å²) >= 11 is 0. The second-order valence-corrected chi connectivity index (χ2v) is 8.78. The molecule has 188 valence electrons. The summed E-state index contributed by atoms with van der Waals surface area (Å²) in [6, 6.07) is -3.27. The van der Waals surface area contributed by atoms with Crippen molar-refractivity contribution in [1.82, 2.24) is 0 Å². The molecule has 0 radical (unpaired) electrons. The third-order valence-corrected chi connectivity index (χ3v) is 6.41. The van der Waals surface area contributed by atoms with Crippen molar-refractivity contribution in [2.75, 3.05) is 13.2 Å². The van der Waals surface area contributed by atoms with Crippen LogP contribution in [0.3, 0.4) is 0 Å². The maximum atomic E-state index is 11.0. The van der Waals surface area contributed by atoms with E-state index in [-0.39, 0.29) is 19.4 Å². The zero-order valence-electron chi connectivity index (χ0n) is 17.7. The molecule has 1 aliphatic carbocycles. The number of rotatable bonds is 6. The van der Waals surface area contributed by atoms with E-state index in [1.807, 2.05) is 0 Å². The quantitative estimate of drug-likeness (QED) is 0.174. The first-order valence-corrected chi connectivity index (χ1v) is 10.8.